The average Bonchev–Trinajstić information content (AvgIpc) is 2.81. The van der Waals surface area contributed by atoms with Crippen molar-refractivity contribution in [2.45, 2.75) is 45.1 Å². The molecule has 1 aliphatic rings. The summed E-state index contributed by atoms with van der Waals surface area (Å²) in [7, 11) is -1.17. The molecule has 0 bridgehead atoms. The van der Waals surface area contributed by atoms with Crippen molar-refractivity contribution >= 4 is 29.8 Å². The molecule has 0 radical (unpaired) electrons. The Morgan fingerprint density at radius 3 is 1.79 bits per heavy atom. The molecule has 0 spiro atoms. The van der Waals surface area contributed by atoms with Gasteiger partial charge in [-0.25, -0.2) is 0 Å². The van der Waals surface area contributed by atoms with E-state index in [2.05, 4.69) is 0 Å². The van der Waals surface area contributed by atoms with Gasteiger partial charge in [-0.15, -0.1) is 0 Å². The summed E-state index contributed by atoms with van der Waals surface area (Å²) in [5, 5.41) is 0.363. The van der Waals surface area contributed by atoms with Crippen LogP contribution in [0.1, 0.15) is 38.8 Å². The zero-order valence-electron chi connectivity index (χ0n) is 16.1. The van der Waals surface area contributed by atoms with Crippen LogP contribution in [0.3, 0.4) is 0 Å². The van der Waals surface area contributed by atoms with Gasteiger partial charge < -0.3 is 9.31 Å². The highest BCUT2D eigenvalue weighted by Gasteiger charge is 2.54. The van der Waals surface area contributed by atoms with Crippen LogP contribution in [0.25, 0.3) is 11.0 Å². The van der Waals surface area contributed by atoms with Crippen molar-refractivity contribution in [3.63, 3.8) is 0 Å². The second-order valence-electron chi connectivity index (χ2n) is 7.75. The van der Waals surface area contributed by atoms with E-state index in [0.717, 1.165) is 0 Å². The molecule has 1 fully saturated rings. The third kappa shape index (κ3) is 4.00. The smallest absolute Gasteiger partial charge is 0.399 e. The molecule has 2 aromatic rings. The lowest BCUT2D eigenvalue weighted by Gasteiger charge is -2.32. The molecule has 0 N–H and O–H groups in total. The third-order valence-electron chi connectivity index (χ3n) is 5.26. The number of rotatable bonds is 3. The third-order valence-corrected chi connectivity index (χ3v) is 5.51. The van der Waals surface area contributed by atoms with Crippen LogP contribution in [0, 0.1) is 0 Å². The molecular weight excluding hydrogens is 387 g/mol. The Balaban J connectivity index is 2.28. The van der Waals surface area contributed by atoms with Crippen LogP contribution in [0.4, 0.5) is 13.2 Å². The van der Waals surface area contributed by atoms with Crippen LogP contribution in [0.2, 0.25) is 5.02 Å². The highest BCUT2D eigenvalue weighted by atomic mass is 35.5. The predicted octanol–water partition coefficient (Wildman–Crippen LogP) is 6.44. The van der Waals surface area contributed by atoms with Gasteiger partial charge in [-0.2, -0.15) is 13.2 Å². The van der Waals surface area contributed by atoms with E-state index in [4.69, 9.17) is 20.9 Å². The highest BCUT2D eigenvalue weighted by Crippen LogP contribution is 2.46. The van der Waals surface area contributed by atoms with Crippen molar-refractivity contribution in [3.8, 4) is 0 Å². The molecule has 2 aromatic carbocycles. The Morgan fingerprint density at radius 2 is 1.32 bits per heavy atom. The van der Waals surface area contributed by atoms with Gasteiger partial charge in [-0.05, 0) is 51.0 Å². The van der Waals surface area contributed by atoms with Gasteiger partial charge in [0, 0.05) is 10.5 Å². The van der Waals surface area contributed by atoms with Gasteiger partial charge in [0.2, 0.25) is 0 Å². The lowest BCUT2D eigenvalue weighted by atomic mass is 9.70. The van der Waals surface area contributed by atoms with E-state index in [0.29, 0.717) is 10.6 Å². The maximum atomic E-state index is 14.3. The summed E-state index contributed by atoms with van der Waals surface area (Å²) in [6.45, 7) is 7.24. The Labute approximate surface area is 168 Å². The summed E-state index contributed by atoms with van der Waals surface area (Å²) in [6, 6.07) is 14.0. The second-order valence-corrected chi connectivity index (χ2v) is 8.18. The van der Waals surface area contributed by atoms with Crippen LogP contribution in [0.5, 0.6) is 0 Å². The van der Waals surface area contributed by atoms with E-state index in [1.54, 1.807) is 30.3 Å². The molecule has 7 heteroatoms. The zero-order valence-corrected chi connectivity index (χ0v) is 16.9. The number of hydrogen-bond acceptors (Lipinski definition) is 2. The fourth-order valence-electron chi connectivity index (χ4n) is 3.07. The van der Waals surface area contributed by atoms with Gasteiger partial charge >= 0.3 is 13.3 Å². The van der Waals surface area contributed by atoms with Gasteiger partial charge in [0.05, 0.1) is 16.8 Å². The molecule has 0 amide bonds. The van der Waals surface area contributed by atoms with E-state index in [-0.39, 0.29) is 11.0 Å². The lowest BCUT2D eigenvalue weighted by Crippen LogP contribution is -2.41. The molecule has 0 saturated carbocycles. The van der Waals surface area contributed by atoms with Crippen molar-refractivity contribution in [3.05, 3.63) is 70.7 Å². The molecule has 2 nitrogen and oxygen atoms in total. The Bertz CT molecular complexity index is 859. The molecule has 1 saturated heterocycles. The largest absolute Gasteiger partial charge is 0.496 e. The predicted molar refractivity (Wildman–Crippen MR) is 107 cm³/mol. The number of halogens is 4. The number of hydrogen-bond donors (Lipinski definition) is 0. The van der Waals surface area contributed by atoms with Gasteiger partial charge in [0.1, 0.15) is 0 Å². The van der Waals surface area contributed by atoms with Gasteiger partial charge in [-0.1, -0.05) is 54.1 Å². The van der Waals surface area contributed by atoms with Crippen LogP contribution in [0.15, 0.2) is 54.6 Å². The fraction of sp³-hybridized carbons (Fsp3) is 0.333. The SMILES string of the molecule is CC1(C)OB(/C(=C(/c2ccc(Cl)cc2)C(F)(F)F)c2ccccc2)OC1(C)C. The molecule has 0 aromatic heterocycles. The summed E-state index contributed by atoms with van der Waals surface area (Å²) in [4.78, 5) is 0. The molecule has 0 unspecified atom stereocenters. The molecule has 148 valence electrons. The van der Waals surface area contributed by atoms with E-state index in [9.17, 15) is 13.2 Å². The van der Waals surface area contributed by atoms with Gasteiger partial charge in [0.15, 0.2) is 0 Å². The Morgan fingerprint density at radius 1 is 0.821 bits per heavy atom. The first-order valence-electron chi connectivity index (χ1n) is 8.91. The number of alkyl halides is 3. The van der Waals surface area contributed by atoms with Crippen LogP contribution in [-0.2, 0) is 9.31 Å². The Hall–Kier alpha value is -1.76. The first-order valence-corrected chi connectivity index (χ1v) is 9.28. The minimum Gasteiger partial charge on any atom is -0.399 e. The summed E-state index contributed by atoms with van der Waals surface area (Å²) in [6.07, 6.45) is -4.62. The minimum atomic E-state index is -4.62. The summed E-state index contributed by atoms with van der Waals surface area (Å²) < 4.78 is 54.8. The molecular formula is C21H21BClF3O2. The normalized spacial score (nSPS) is 19.5. The Kier molecular flexibility index (Phi) is 5.43. The van der Waals surface area contributed by atoms with E-state index in [1.807, 2.05) is 27.7 Å². The van der Waals surface area contributed by atoms with Gasteiger partial charge in [0.25, 0.3) is 0 Å². The standard InChI is InChI=1S/C21H21BClF3O2/c1-19(2)20(3,4)28-22(27-19)18(15-8-6-5-7-9-15)17(21(24,25)26)14-10-12-16(23)13-11-14/h5-13H,1-4H3/b18-17-. The number of allylic oxidation sites excluding steroid dienone is 1. The van der Waals surface area contributed by atoms with Crippen molar-refractivity contribution in [1.82, 2.24) is 0 Å². The van der Waals surface area contributed by atoms with Crippen molar-refractivity contribution in [2.75, 3.05) is 0 Å². The first-order chi connectivity index (χ1) is 12.9. The zero-order chi connectivity index (χ0) is 20.7. The quantitative estimate of drug-likeness (QED) is 0.429. The van der Waals surface area contributed by atoms with Crippen LogP contribution in [-0.4, -0.2) is 24.5 Å². The summed E-state index contributed by atoms with van der Waals surface area (Å²) in [5.74, 6) is 0. The molecule has 3 rings (SSSR count). The molecule has 28 heavy (non-hydrogen) atoms. The fourth-order valence-corrected chi connectivity index (χ4v) is 3.19. The highest BCUT2D eigenvalue weighted by molar-refractivity contribution is 6.71. The van der Waals surface area contributed by atoms with Crippen molar-refractivity contribution in [2.24, 2.45) is 0 Å². The lowest BCUT2D eigenvalue weighted by molar-refractivity contribution is -0.0685. The van der Waals surface area contributed by atoms with E-state index in [1.165, 1.54) is 24.3 Å². The maximum absolute atomic E-state index is 14.3. The monoisotopic (exact) mass is 408 g/mol. The minimum absolute atomic E-state index is 0.00506. The van der Waals surface area contributed by atoms with E-state index >= 15 is 0 Å². The summed E-state index contributed by atoms with van der Waals surface area (Å²) >= 11 is 5.88. The van der Waals surface area contributed by atoms with Crippen molar-refractivity contribution in [1.29, 1.82) is 0 Å². The average molecular weight is 409 g/mol. The van der Waals surface area contributed by atoms with Crippen LogP contribution < -0.4 is 0 Å². The second kappa shape index (κ2) is 7.25. The molecule has 1 heterocycles. The number of benzene rings is 2. The summed E-state index contributed by atoms with van der Waals surface area (Å²) in [5.41, 5.74) is -1.99. The molecule has 0 atom stereocenters. The van der Waals surface area contributed by atoms with Crippen LogP contribution >= 0.6 is 11.6 Å². The van der Waals surface area contributed by atoms with Gasteiger partial charge in [-0.3, -0.25) is 0 Å². The maximum Gasteiger partial charge on any atom is 0.496 e. The van der Waals surface area contributed by atoms with E-state index < -0.39 is 30.1 Å². The van der Waals surface area contributed by atoms with Crippen molar-refractivity contribution < 1.29 is 22.5 Å². The first kappa shape index (κ1) is 21.0. The molecule has 1 aliphatic heterocycles. The topological polar surface area (TPSA) is 18.5 Å². The molecule has 0 aliphatic carbocycles.